The molecule has 31 heavy (non-hydrogen) atoms. The molecule has 3 heterocycles. The van der Waals surface area contributed by atoms with E-state index in [2.05, 4.69) is 25.3 Å². The molecule has 2 aromatic heterocycles. The molecule has 0 saturated heterocycles. The van der Waals surface area contributed by atoms with Gasteiger partial charge in [0.05, 0.1) is 43.2 Å². The van der Waals surface area contributed by atoms with Crippen LogP contribution in [0.4, 0.5) is 0 Å². The predicted octanol–water partition coefficient (Wildman–Crippen LogP) is 1.39. The molecule has 4 rings (SSSR count). The molecule has 0 aromatic carbocycles. The number of carbonyl (C=O) groups is 1. The zero-order valence-corrected chi connectivity index (χ0v) is 17.7. The first-order valence-electron chi connectivity index (χ1n) is 9.89. The quantitative estimate of drug-likeness (QED) is 0.650. The SMILES string of the molecule is CCOc1cncc(-c2ccc(C(=O)NCN3C=C(S(=O)(=O)C4CC4)N=CC3)nc2)n1. The van der Waals surface area contributed by atoms with Crippen molar-refractivity contribution in [3.05, 3.63) is 47.6 Å². The van der Waals surface area contributed by atoms with Gasteiger partial charge in [0.25, 0.3) is 5.91 Å². The third-order valence-electron chi connectivity index (χ3n) is 4.72. The molecule has 1 N–H and O–H groups in total. The average molecular weight is 443 g/mol. The predicted molar refractivity (Wildman–Crippen MR) is 114 cm³/mol. The van der Waals surface area contributed by atoms with Crippen molar-refractivity contribution in [3.8, 4) is 17.1 Å². The van der Waals surface area contributed by atoms with Gasteiger partial charge in [-0.3, -0.25) is 14.8 Å². The van der Waals surface area contributed by atoms with Crippen molar-refractivity contribution in [2.24, 2.45) is 4.99 Å². The lowest BCUT2D eigenvalue weighted by Crippen LogP contribution is -2.37. The Morgan fingerprint density at radius 3 is 2.81 bits per heavy atom. The smallest absolute Gasteiger partial charge is 0.271 e. The number of sulfone groups is 1. The Morgan fingerprint density at radius 2 is 2.10 bits per heavy atom. The van der Waals surface area contributed by atoms with Gasteiger partial charge in [0, 0.05) is 24.2 Å². The van der Waals surface area contributed by atoms with Gasteiger partial charge in [-0.15, -0.1) is 0 Å². The fourth-order valence-corrected chi connectivity index (χ4v) is 4.55. The second kappa shape index (κ2) is 8.80. The largest absolute Gasteiger partial charge is 0.477 e. The van der Waals surface area contributed by atoms with Gasteiger partial charge in [-0.25, -0.2) is 18.4 Å². The lowest BCUT2D eigenvalue weighted by Gasteiger charge is -2.22. The van der Waals surface area contributed by atoms with Crippen LogP contribution >= 0.6 is 0 Å². The van der Waals surface area contributed by atoms with Crippen LogP contribution in [-0.4, -0.2) is 65.5 Å². The molecule has 1 saturated carbocycles. The van der Waals surface area contributed by atoms with Gasteiger partial charge >= 0.3 is 0 Å². The summed E-state index contributed by atoms with van der Waals surface area (Å²) in [5.41, 5.74) is 1.53. The number of nitrogens with zero attached hydrogens (tertiary/aromatic N) is 5. The lowest BCUT2D eigenvalue weighted by atomic mass is 10.2. The Bertz CT molecular complexity index is 1130. The summed E-state index contributed by atoms with van der Waals surface area (Å²) in [6.07, 6.45) is 9.03. The average Bonchev–Trinajstić information content (AvgIpc) is 3.64. The Morgan fingerprint density at radius 1 is 1.26 bits per heavy atom. The molecule has 1 aliphatic carbocycles. The number of hydrogen-bond acceptors (Lipinski definition) is 9. The first-order valence-corrected chi connectivity index (χ1v) is 11.4. The van der Waals surface area contributed by atoms with Gasteiger partial charge in [0.2, 0.25) is 5.88 Å². The van der Waals surface area contributed by atoms with Crippen molar-refractivity contribution in [1.29, 1.82) is 0 Å². The van der Waals surface area contributed by atoms with Crippen LogP contribution in [0.15, 0.2) is 46.9 Å². The van der Waals surface area contributed by atoms with Gasteiger partial charge in [-0.05, 0) is 31.9 Å². The van der Waals surface area contributed by atoms with E-state index in [1.54, 1.807) is 29.4 Å². The molecular weight excluding hydrogens is 420 g/mol. The number of aliphatic imine (C=N–C) groups is 1. The van der Waals surface area contributed by atoms with E-state index in [-0.39, 0.29) is 28.5 Å². The second-order valence-corrected chi connectivity index (χ2v) is 9.24. The van der Waals surface area contributed by atoms with Crippen LogP contribution in [0.3, 0.4) is 0 Å². The molecular formula is C20H22N6O4S. The van der Waals surface area contributed by atoms with Gasteiger partial charge in [-0.2, -0.15) is 0 Å². The second-order valence-electron chi connectivity index (χ2n) is 7.07. The number of rotatable bonds is 8. The van der Waals surface area contributed by atoms with Gasteiger partial charge in [0.1, 0.15) is 5.69 Å². The number of nitrogens with one attached hydrogen (secondary N) is 1. The van der Waals surface area contributed by atoms with Crippen molar-refractivity contribution in [2.75, 3.05) is 19.8 Å². The van der Waals surface area contributed by atoms with E-state index in [9.17, 15) is 13.2 Å². The summed E-state index contributed by atoms with van der Waals surface area (Å²) < 4.78 is 30.0. The van der Waals surface area contributed by atoms with Crippen molar-refractivity contribution >= 4 is 22.0 Å². The summed E-state index contributed by atoms with van der Waals surface area (Å²) in [5.74, 6) is 0.0474. The normalized spacial score (nSPS) is 16.0. The molecule has 0 atom stereocenters. The van der Waals surface area contributed by atoms with Crippen LogP contribution in [0.1, 0.15) is 30.3 Å². The molecule has 1 fully saturated rings. The highest BCUT2D eigenvalue weighted by atomic mass is 32.2. The molecule has 2 aliphatic rings. The van der Waals surface area contributed by atoms with Crippen molar-refractivity contribution in [3.63, 3.8) is 0 Å². The standard InChI is InChI=1S/C20H22N6O4S/c1-2-30-18-11-21-10-17(25-18)14-3-6-16(23-9-14)20(27)24-13-26-8-7-22-19(12-26)31(28,29)15-4-5-15/h3,6-7,9-12,15H,2,4-5,8,13H2,1H3,(H,24,27). The van der Waals surface area contributed by atoms with E-state index in [1.807, 2.05) is 6.92 Å². The first kappa shape index (κ1) is 20.9. The number of carbonyl (C=O) groups excluding carboxylic acids is 1. The van der Waals surface area contributed by atoms with E-state index in [4.69, 9.17) is 4.74 Å². The van der Waals surface area contributed by atoms with E-state index < -0.39 is 9.84 Å². The topological polar surface area (TPSA) is 127 Å². The van der Waals surface area contributed by atoms with Crippen LogP contribution < -0.4 is 10.1 Å². The Labute approximate surface area is 180 Å². The Kier molecular flexibility index (Phi) is 5.94. The zero-order valence-electron chi connectivity index (χ0n) is 16.9. The number of amides is 1. The minimum absolute atomic E-state index is 0.0494. The summed E-state index contributed by atoms with van der Waals surface area (Å²) in [7, 11) is -3.37. The molecule has 0 spiro atoms. The molecule has 2 aromatic rings. The van der Waals surface area contributed by atoms with Crippen molar-refractivity contribution < 1.29 is 17.9 Å². The highest BCUT2D eigenvalue weighted by molar-refractivity contribution is 7.96. The molecule has 1 aliphatic heterocycles. The maximum absolute atomic E-state index is 12.5. The Hall–Kier alpha value is -3.34. The van der Waals surface area contributed by atoms with Crippen molar-refractivity contribution in [2.45, 2.75) is 25.0 Å². The molecule has 0 unspecified atom stereocenters. The third-order valence-corrected chi connectivity index (χ3v) is 6.86. The number of pyridine rings is 1. The van der Waals surface area contributed by atoms with Gasteiger partial charge in [-0.1, -0.05) is 0 Å². The maximum Gasteiger partial charge on any atom is 0.271 e. The highest BCUT2D eigenvalue weighted by Crippen LogP contribution is 2.33. The van der Waals surface area contributed by atoms with Crippen LogP contribution in [0.5, 0.6) is 5.88 Å². The fraction of sp³-hybridized carbons (Fsp3) is 0.350. The number of hydrogen-bond donors (Lipinski definition) is 1. The summed E-state index contributed by atoms with van der Waals surface area (Å²) in [5, 5.41) is 2.47. The van der Waals surface area contributed by atoms with E-state index in [0.29, 0.717) is 43.1 Å². The fourth-order valence-electron chi connectivity index (χ4n) is 2.93. The molecule has 162 valence electrons. The van der Waals surface area contributed by atoms with E-state index in [0.717, 1.165) is 0 Å². The van der Waals surface area contributed by atoms with Crippen molar-refractivity contribution in [1.82, 2.24) is 25.2 Å². The highest BCUT2D eigenvalue weighted by Gasteiger charge is 2.39. The van der Waals surface area contributed by atoms with Crippen LogP contribution in [0.2, 0.25) is 0 Å². The minimum Gasteiger partial charge on any atom is -0.477 e. The summed E-state index contributed by atoms with van der Waals surface area (Å²) in [4.78, 5) is 30.8. The molecule has 10 nitrogen and oxygen atoms in total. The molecule has 0 radical (unpaired) electrons. The first-order chi connectivity index (χ1) is 15.0. The van der Waals surface area contributed by atoms with Crippen LogP contribution in [0, 0.1) is 0 Å². The minimum atomic E-state index is -3.37. The third kappa shape index (κ3) is 4.88. The number of ether oxygens (including phenoxy) is 1. The van der Waals surface area contributed by atoms with Gasteiger partial charge in [0.15, 0.2) is 14.9 Å². The van der Waals surface area contributed by atoms with Crippen LogP contribution in [-0.2, 0) is 9.84 Å². The zero-order chi connectivity index (χ0) is 21.8. The van der Waals surface area contributed by atoms with Crippen LogP contribution in [0.25, 0.3) is 11.3 Å². The Balaban J connectivity index is 1.37. The lowest BCUT2D eigenvalue weighted by molar-refractivity contribution is 0.0932. The molecule has 1 amide bonds. The number of aromatic nitrogens is 3. The monoisotopic (exact) mass is 442 g/mol. The molecule has 0 bridgehead atoms. The van der Waals surface area contributed by atoms with E-state index >= 15 is 0 Å². The molecule has 11 heteroatoms. The summed E-state index contributed by atoms with van der Waals surface area (Å²) in [6, 6.07) is 3.33. The van der Waals surface area contributed by atoms with E-state index in [1.165, 1.54) is 18.6 Å². The van der Waals surface area contributed by atoms with Gasteiger partial charge < -0.3 is 15.0 Å². The maximum atomic E-state index is 12.5. The summed E-state index contributed by atoms with van der Waals surface area (Å²) in [6.45, 7) is 2.90. The summed E-state index contributed by atoms with van der Waals surface area (Å²) >= 11 is 0.